The highest BCUT2D eigenvalue weighted by molar-refractivity contribution is 7.45. The number of phosphoric ester groups is 1. The minimum Gasteiger partial charge on any atom is -0.756 e. The number of aliphatic hydroxyl groups excluding tert-OH is 1. The number of carbonyl (C=O) groups excluding carboxylic acids is 1. The molecule has 0 radical (unpaired) electrons. The maximum Gasteiger partial charge on any atom is 0.268 e. The molecule has 0 saturated carbocycles. The number of likely N-dealkylation sites (N-methyl/N-ethyl adjacent to an activating group) is 1. The number of amides is 1. The fourth-order valence-electron chi connectivity index (χ4n) is 9.13. The van der Waals surface area contributed by atoms with Crippen LogP contribution in [0.5, 0.6) is 0 Å². The van der Waals surface area contributed by atoms with E-state index < -0.39 is 26.6 Å². The lowest BCUT2D eigenvalue weighted by atomic mass is 10.0. The molecule has 0 aliphatic rings. The molecule has 0 aliphatic heterocycles. The molecule has 8 nitrogen and oxygen atoms in total. The quantitative estimate of drug-likeness (QED) is 0.0272. The molecule has 3 atom stereocenters. The molecule has 0 aromatic carbocycles. The number of carbonyl (C=O) groups is 1. The fourth-order valence-corrected chi connectivity index (χ4v) is 9.85. The summed E-state index contributed by atoms with van der Waals surface area (Å²) in [4.78, 5) is 25.6. The molecule has 0 rings (SSSR count). The molecule has 0 aromatic heterocycles. The number of allylic oxidation sites excluding steroid dienone is 17. The molecule has 0 heterocycles. The topological polar surface area (TPSA) is 108 Å². The van der Waals surface area contributed by atoms with E-state index in [2.05, 4.69) is 116 Å². The van der Waals surface area contributed by atoms with E-state index in [9.17, 15) is 19.4 Å². The van der Waals surface area contributed by atoms with Crippen molar-refractivity contribution in [3.05, 3.63) is 109 Å². The van der Waals surface area contributed by atoms with Crippen molar-refractivity contribution < 1.29 is 32.9 Å². The van der Waals surface area contributed by atoms with Gasteiger partial charge in [-0.2, -0.15) is 0 Å². The maximum atomic E-state index is 13.0. The number of hydrogen-bond acceptors (Lipinski definition) is 6. The molecule has 0 spiro atoms. The van der Waals surface area contributed by atoms with E-state index in [0.717, 1.165) is 83.5 Å². The van der Waals surface area contributed by atoms with Crippen molar-refractivity contribution in [2.45, 2.75) is 289 Å². The molecular weight excluding hydrogens is 996 g/mol. The number of quaternary nitrogens is 1. The second-order valence-corrected chi connectivity index (χ2v) is 24.5. The van der Waals surface area contributed by atoms with Gasteiger partial charge in [0, 0.05) is 6.42 Å². The van der Waals surface area contributed by atoms with Gasteiger partial charge in [0.25, 0.3) is 7.82 Å². The Morgan fingerprint density at radius 2 is 0.785 bits per heavy atom. The Kier molecular flexibility index (Phi) is 57.6. The Morgan fingerprint density at radius 3 is 1.18 bits per heavy atom. The first-order valence-corrected chi connectivity index (χ1v) is 34.2. The summed E-state index contributed by atoms with van der Waals surface area (Å²) in [7, 11) is 1.23. The smallest absolute Gasteiger partial charge is 0.268 e. The van der Waals surface area contributed by atoms with E-state index in [1.807, 2.05) is 27.2 Å². The number of nitrogens with zero attached hydrogens (tertiary/aromatic N) is 1. The lowest BCUT2D eigenvalue weighted by Gasteiger charge is -2.29. The van der Waals surface area contributed by atoms with E-state index in [4.69, 9.17) is 9.05 Å². The van der Waals surface area contributed by atoms with Crippen molar-refractivity contribution in [3.63, 3.8) is 0 Å². The number of nitrogens with one attached hydrogen (secondary N) is 1. The SMILES string of the molecule is CC/C=C\C/C=C\C/C=C\C/C=C\C/C=C\C/C=C\CCCCCCCCCCCCCCCCCCC(=O)NC(COP(=O)([O-])OCC[N+](C)(C)C)C(O)/C=C/CC/C=C/CC/C=C/CCCCCCCCCCCCCC. The molecule has 2 N–H and O–H groups in total. The van der Waals surface area contributed by atoms with Gasteiger partial charge in [0.05, 0.1) is 39.9 Å². The highest BCUT2D eigenvalue weighted by Crippen LogP contribution is 2.38. The van der Waals surface area contributed by atoms with Gasteiger partial charge in [-0.3, -0.25) is 9.36 Å². The molecule has 1 amide bonds. The maximum absolute atomic E-state index is 13.0. The molecule has 0 aromatic rings. The van der Waals surface area contributed by atoms with Crippen molar-refractivity contribution in [2.24, 2.45) is 0 Å². The summed E-state index contributed by atoms with van der Waals surface area (Å²) in [5.74, 6) is -0.212. The van der Waals surface area contributed by atoms with Gasteiger partial charge >= 0.3 is 0 Å². The Labute approximate surface area is 489 Å². The van der Waals surface area contributed by atoms with Gasteiger partial charge in [-0.25, -0.2) is 0 Å². The van der Waals surface area contributed by atoms with E-state index in [0.29, 0.717) is 17.4 Å². The zero-order valence-corrected chi connectivity index (χ0v) is 52.9. The Bertz CT molecular complexity index is 1650. The van der Waals surface area contributed by atoms with Crippen LogP contribution in [-0.2, 0) is 18.4 Å². The molecule has 0 fully saturated rings. The fraction of sp³-hybridized carbons (Fsp3) is 0.729. The molecule has 3 unspecified atom stereocenters. The van der Waals surface area contributed by atoms with Gasteiger partial charge in [0.1, 0.15) is 13.2 Å². The molecule has 79 heavy (non-hydrogen) atoms. The van der Waals surface area contributed by atoms with Crippen LogP contribution in [0.2, 0.25) is 0 Å². The van der Waals surface area contributed by atoms with E-state index in [1.165, 1.54) is 173 Å². The largest absolute Gasteiger partial charge is 0.756 e. The first kappa shape index (κ1) is 76.2. The van der Waals surface area contributed by atoms with Crippen LogP contribution < -0.4 is 10.2 Å². The van der Waals surface area contributed by atoms with Crippen LogP contribution in [0, 0.1) is 0 Å². The normalized spacial score (nSPS) is 14.5. The second kappa shape index (κ2) is 59.8. The van der Waals surface area contributed by atoms with Crippen LogP contribution in [0.3, 0.4) is 0 Å². The zero-order chi connectivity index (χ0) is 57.7. The minimum absolute atomic E-state index is 0.0124. The second-order valence-electron chi connectivity index (χ2n) is 23.1. The third kappa shape index (κ3) is 62.6. The van der Waals surface area contributed by atoms with E-state index >= 15 is 0 Å². The molecular formula is C70H125N2O6P. The predicted molar refractivity (Wildman–Crippen MR) is 343 cm³/mol. The van der Waals surface area contributed by atoms with Crippen molar-refractivity contribution >= 4 is 13.7 Å². The molecule has 0 saturated heterocycles. The van der Waals surface area contributed by atoms with Crippen molar-refractivity contribution in [2.75, 3.05) is 40.9 Å². The first-order chi connectivity index (χ1) is 38.5. The average Bonchev–Trinajstić information content (AvgIpc) is 3.42. The van der Waals surface area contributed by atoms with Gasteiger partial charge in [-0.1, -0.05) is 284 Å². The Balaban J connectivity index is 4.14. The number of hydrogen-bond donors (Lipinski definition) is 2. The lowest BCUT2D eigenvalue weighted by molar-refractivity contribution is -0.870. The van der Waals surface area contributed by atoms with Crippen LogP contribution >= 0.6 is 7.82 Å². The summed E-state index contributed by atoms with van der Waals surface area (Å²) >= 11 is 0. The predicted octanol–water partition coefficient (Wildman–Crippen LogP) is 20.1. The van der Waals surface area contributed by atoms with Gasteiger partial charge in [-0.15, -0.1) is 0 Å². The van der Waals surface area contributed by atoms with Gasteiger partial charge in [-0.05, 0) is 96.3 Å². The number of phosphoric acid groups is 1. The summed E-state index contributed by atoms with van der Waals surface area (Å²) in [5.41, 5.74) is 0. The van der Waals surface area contributed by atoms with Crippen molar-refractivity contribution in [3.8, 4) is 0 Å². The first-order valence-electron chi connectivity index (χ1n) is 32.7. The van der Waals surface area contributed by atoms with Crippen LogP contribution in [0.1, 0.15) is 277 Å². The van der Waals surface area contributed by atoms with Gasteiger partial charge in [0.2, 0.25) is 5.91 Å². The minimum atomic E-state index is -4.62. The molecule has 0 aliphatic carbocycles. The zero-order valence-electron chi connectivity index (χ0n) is 52.0. The lowest BCUT2D eigenvalue weighted by Crippen LogP contribution is -2.45. The van der Waals surface area contributed by atoms with Crippen LogP contribution in [0.25, 0.3) is 0 Å². The monoisotopic (exact) mass is 1120 g/mol. The molecule has 456 valence electrons. The van der Waals surface area contributed by atoms with Crippen molar-refractivity contribution in [1.82, 2.24) is 5.32 Å². The third-order valence-electron chi connectivity index (χ3n) is 14.2. The standard InChI is InChI=1S/C70H125N2O6P/c1-6-8-10-12-14-16-18-20-22-24-26-28-30-31-32-33-34-35-36-37-38-39-40-41-42-44-46-48-50-52-54-56-58-60-62-64-70(74)71-68(67-78-79(75,76)77-66-65-72(3,4)5)69(73)63-61-59-57-55-53-51-49-47-45-43-29-27-25-23-21-19-17-15-13-11-9-7-2/h8,10,14,16,20,22,26,28,31-32,34-35,45,47,53,55,61,63,68-69,73H,6-7,9,11-13,15,17-19,21,23-25,27,29-30,33,36-44,46,48-52,54,56-60,62,64-67H2,1-5H3,(H-,71,74,75,76)/b10-8-,16-14-,22-20-,28-26-,32-31-,35-34-,47-45+,55-53+,63-61+. The highest BCUT2D eigenvalue weighted by Gasteiger charge is 2.23. The summed E-state index contributed by atoms with van der Waals surface area (Å²) in [6.45, 7) is 4.52. The van der Waals surface area contributed by atoms with Crippen LogP contribution in [-0.4, -0.2) is 68.5 Å². The number of rotatable bonds is 59. The highest BCUT2D eigenvalue weighted by atomic mass is 31.2. The van der Waals surface area contributed by atoms with E-state index in [1.54, 1.807) is 6.08 Å². The Morgan fingerprint density at radius 1 is 0.456 bits per heavy atom. The van der Waals surface area contributed by atoms with Gasteiger partial charge in [0.15, 0.2) is 0 Å². The third-order valence-corrected chi connectivity index (χ3v) is 15.2. The summed E-state index contributed by atoms with van der Waals surface area (Å²) in [6, 6.07) is -0.916. The van der Waals surface area contributed by atoms with E-state index in [-0.39, 0.29) is 12.5 Å². The van der Waals surface area contributed by atoms with Gasteiger partial charge < -0.3 is 28.8 Å². The summed E-state index contributed by atoms with van der Waals surface area (Å²) < 4.78 is 23.4. The average molecular weight is 1120 g/mol. The summed E-state index contributed by atoms with van der Waals surface area (Å²) in [6.07, 6.45) is 87.7. The van der Waals surface area contributed by atoms with Crippen LogP contribution in [0.4, 0.5) is 0 Å². The van der Waals surface area contributed by atoms with Crippen molar-refractivity contribution in [1.29, 1.82) is 0 Å². The molecule has 9 heteroatoms. The number of unbranched alkanes of at least 4 members (excludes halogenated alkanes) is 30. The summed E-state index contributed by atoms with van der Waals surface area (Å²) in [5, 5.41) is 13.9. The van der Waals surface area contributed by atoms with Crippen LogP contribution in [0.15, 0.2) is 109 Å². The molecule has 0 bridgehead atoms. The Hall–Kier alpha value is -2.84. The number of aliphatic hydroxyl groups is 1.